The molecule has 0 radical (unpaired) electrons. The van der Waals surface area contributed by atoms with E-state index >= 15 is 0 Å². The molecule has 28 heavy (non-hydrogen) atoms. The molecule has 0 saturated heterocycles. The normalized spacial score (nSPS) is 11.6. The number of rotatable bonds is 1. The predicted octanol–water partition coefficient (Wildman–Crippen LogP) is 4.94. The second-order valence-corrected chi connectivity index (χ2v) is 6.62. The average molecular weight is 359 g/mol. The van der Waals surface area contributed by atoms with E-state index in [-0.39, 0.29) is 0 Å². The van der Waals surface area contributed by atoms with Crippen molar-refractivity contribution >= 4 is 43.9 Å². The number of aromatic nitrogens is 5. The van der Waals surface area contributed by atoms with Crippen LogP contribution >= 0.6 is 0 Å². The number of benzene rings is 2. The standard InChI is InChI=1S/C23H13N5/c1-2-9-18-17(8-1)26-22-14-6-5-13-25-20(14)21-15(23(22)27-18)10-11-19(28-21)16-7-3-4-12-24-16/h1-13H. The summed E-state index contributed by atoms with van der Waals surface area (Å²) >= 11 is 0. The summed E-state index contributed by atoms with van der Waals surface area (Å²) in [5.41, 5.74) is 6.72. The van der Waals surface area contributed by atoms with Gasteiger partial charge in [-0.15, -0.1) is 0 Å². The van der Waals surface area contributed by atoms with E-state index in [0.717, 1.165) is 55.3 Å². The van der Waals surface area contributed by atoms with Crippen LogP contribution in [0.4, 0.5) is 0 Å². The van der Waals surface area contributed by atoms with Gasteiger partial charge in [0.05, 0.1) is 44.5 Å². The molecule has 0 fully saturated rings. The highest BCUT2D eigenvalue weighted by atomic mass is 14.8. The summed E-state index contributed by atoms with van der Waals surface area (Å²) in [6.07, 6.45) is 3.56. The number of nitrogens with zero attached hydrogens (tertiary/aromatic N) is 5. The topological polar surface area (TPSA) is 64.5 Å². The summed E-state index contributed by atoms with van der Waals surface area (Å²) in [4.78, 5) is 23.8. The fraction of sp³-hybridized carbons (Fsp3) is 0. The molecule has 0 unspecified atom stereocenters. The molecule has 0 bridgehead atoms. The summed E-state index contributed by atoms with van der Waals surface area (Å²) in [6.45, 7) is 0. The second-order valence-electron chi connectivity index (χ2n) is 6.62. The van der Waals surface area contributed by atoms with Crippen molar-refractivity contribution in [1.82, 2.24) is 24.9 Å². The highest BCUT2D eigenvalue weighted by Gasteiger charge is 2.15. The van der Waals surface area contributed by atoms with Crippen molar-refractivity contribution in [2.24, 2.45) is 0 Å². The highest BCUT2D eigenvalue weighted by molar-refractivity contribution is 6.21. The van der Waals surface area contributed by atoms with Gasteiger partial charge in [0.15, 0.2) is 0 Å². The van der Waals surface area contributed by atoms with Crippen molar-refractivity contribution in [2.75, 3.05) is 0 Å². The van der Waals surface area contributed by atoms with Crippen LogP contribution < -0.4 is 0 Å². The molecule has 130 valence electrons. The van der Waals surface area contributed by atoms with Gasteiger partial charge in [-0.05, 0) is 48.5 Å². The zero-order chi connectivity index (χ0) is 18.5. The van der Waals surface area contributed by atoms with Gasteiger partial charge in [-0.3, -0.25) is 9.97 Å². The molecule has 4 heterocycles. The lowest BCUT2D eigenvalue weighted by molar-refractivity contribution is 1.27. The molecule has 0 aliphatic carbocycles. The van der Waals surface area contributed by atoms with Crippen molar-refractivity contribution in [3.63, 3.8) is 0 Å². The fourth-order valence-corrected chi connectivity index (χ4v) is 3.65. The van der Waals surface area contributed by atoms with E-state index in [1.54, 1.807) is 12.4 Å². The summed E-state index contributed by atoms with van der Waals surface area (Å²) in [5.74, 6) is 0. The fourth-order valence-electron chi connectivity index (χ4n) is 3.65. The summed E-state index contributed by atoms with van der Waals surface area (Å²) in [5, 5.41) is 1.90. The number of pyridine rings is 3. The minimum absolute atomic E-state index is 0.813. The molecule has 0 amide bonds. The molecule has 4 aromatic heterocycles. The SMILES string of the molecule is c1ccc(-c2ccc3c(n2)c2ncccc2c2nc4ccccc4nc32)nc1. The lowest BCUT2D eigenvalue weighted by Gasteiger charge is -2.10. The van der Waals surface area contributed by atoms with Gasteiger partial charge in [0.1, 0.15) is 0 Å². The van der Waals surface area contributed by atoms with Crippen LogP contribution in [0.1, 0.15) is 0 Å². The van der Waals surface area contributed by atoms with E-state index in [1.165, 1.54) is 0 Å². The first kappa shape index (κ1) is 15.1. The monoisotopic (exact) mass is 359 g/mol. The van der Waals surface area contributed by atoms with Crippen LogP contribution in [0.25, 0.3) is 55.3 Å². The Morgan fingerprint density at radius 3 is 1.86 bits per heavy atom. The lowest BCUT2D eigenvalue weighted by Crippen LogP contribution is -1.95. The zero-order valence-electron chi connectivity index (χ0n) is 14.7. The summed E-state index contributed by atoms with van der Waals surface area (Å²) < 4.78 is 0. The van der Waals surface area contributed by atoms with E-state index in [9.17, 15) is 0 Å². The van der Waals surface area contributed by atoms with Crippen LogP contribution in [-0.2, 0) is 0 Å². The molecular weight excluding hydrogens is 346 g/mol. The molecule has 6 rings (SSSR count). The lowest BCUT2D eigenvalue weighted by atomic mass is 10.1. The van der Waals surface area contributed by atoms with Crippen LogP contribution in [0, 0.1) is 0 Å². The Kier molecular flexibility index (Phi) is 3.10. The Morgan fingerprint density at radius 1 is 0.429 bits per heavy atom. The molecule has 5 heteroatoms. The molecule has 0 aliphatic rings. The van der Waals surface area contributed by atoms with Gasteiger partial charge in [-0.2, -0.15) is 0 Å². The molecule has 0 atom stereocenters. The number of hydrogen-bond donors (Lipinski definition) is 0. The van der Waals surface area contributed by atoms with E-state index < -0.39 is 0 Å². The van der Waals surface area contributed by atoms with Crippen LogP contribution in [0.15, 0.2) is 79.1 Å². The largest absolute Gasteiger partial charge is 0.255 e. The highest BCUT2D eigenvalue weighted by Crippen LogP contribution is 2.33. The quantitative estimate of drug-likeness (QED) is 0.307. The van der Waals surface area contributed by atoms with Gasteiger partial charge >= 0.3 is 0 Å². The Morgan fingerprint density at radius 2 is 1.11 bits per heavy atom. The third-order valence-corrected chi connectivity index (χ3v) is 4.94. The minimum Gasteiger partial charge on any atom is -0.255 e. The Labute approximate surface area is 159 Å². The Hall–Kier alpha value is -3.99. The third-order valence-electron chi connectivity index (χ3n) is 4.94. The van der Waals surface area contributed by atoms with E-state index in [0.29, 0.717) is 0 Å². The van der Waals surface area contributed by atoms with Gasteiger partial charge in [0, 0.05) is 23.2 Å². The number of para-hydroxylation sites is 2. The van der Waals surface area contributed by atoms with Gasteiger partial charge in [0.2, 0.25) is 0 Å². The summed E-state index contributed by atoms with van der Waals surface area (Å²) in [6, 6.07) is 21.7. The predicted molar refractivity (Wildman–Crippen MR) is 111 cm³/mol. The average Bonchev–Trinajstić information content (AvgIpc) is 2.78. The van der Waals surface area contributed by atoms with Gasteiger partial charge in [0.25, 0.3) is 0 Å². The van der Waals surface area contributed by atoms with E-state index in [4.69, 9.17) is 15.0 Å². The van der Waals surface area contributed by atoms with E-state index in [1.807, 2.05) is 66.7 Å². The Balaban J connectivity index is 1.81. The third kappa shape index (κ3) is 2.16. The van der Waals surface area contributed by atoms with Crippen molar-refractivity contribution < 1.29 is 0 Å². The van der Waals surface area contributed by atoms with E-state index in [2.05, 4.69) is 9.97 Å². The molecule has 5 nitrogen and oxygen atoms in total. The maximum Gasteiger partial charge on any atom is 0.0996 e. The zero-order valence-corrected chi connectivity index (χ0v) is 14.7. The van der Waals surface area contributed by atoms with Crippen LogP contribution in [0.2, 0.25) is 0 Å². The Bertz CT molecular complexity index is 1510. The molecule has 2 aromatic carbocycles. The second kappa shape index (κ2) is 5.76. The first-order chi connectivity index (χ1) is 13.9. The van der Waals surface area contributed by atoms with Gasteiger partial charge in [-0.25, -0.2) is 15.0 Å². The molecular formula is C23H13N5. The maximum absolute atomic E-state index is 4.91. The number of fused-ring (bicyclic) bond motifs is 7. The molecule has 0 spiro atoms. The molecule has 0 aliphatic heterocycles. The smallest absolute Gasteiger partial charge is 0.0996 e. The van der Waals surface area contributed by atoms with Gasteiger partial charge in [-0.1, -0.05) is 18.2 Å². The van der Waals surface area contributed by atoms with Crippen molar-refractivity contribution in [2.45, 2.75) is 0 Å². The molecule has 0 saturated carbocycles. The first-order valence-electron chi connectivity index (χ1n) is 9.04. The first-order valence-corrected chi connectivity index (χ1v) is 9.04. The van der Waals surface area contributed by atoms with Crippen LogP contribution in [0.5, 0.6) is 0 Å². The van der Waals surface area contributed by atoms with Crippen molar-refractivity contribution in [3.05, 3.63) is 79.1 Å². The van der Waals surface area contributed by atoms with Gasteiger partial charge < -0.3 is 0 Å². The van der Waals surface area contributed by atoms with Crippen molar-refractivity contribution in [3.8, 4) is 11.4 Å². The maximum atomic E-state index is 4.91. The summed E-state index contributed by atoms with van der Waals surface area (Å²) in [7, 11) is 0. The molecule has 6 aromatic rings. The van der Waals surface area contributed by atoms with Crippen LogP contribution in [0.3, 0.4) is 0 Å². The number of hydrogen-bond acceptors (Lipinski definition) is 5. The van der Waals surface area contributed by atoms with Crippen LogP contribution in [-0.4, -0.2) is 24.9 Å². The molecule has 0 N–H and O–H groups in total. The van der Waals surface area contributed by atoms with Crippen molar-refractivity contribution in [1.29, 1.82) is 0 Å². The minimum atomic E-state index is 0.813.